The van der Waals surface area contributed by atoms with Gasteiger partial charge in [-0.2, -0.15) is 0 Å². The number of para-hydroxylation sites is 1. The van der Waals surface area contributed by atoms with Crippen LogP contribution in [0.5, 0.6) is 0 Å². The van der Waals surface area contributed by atoms with Crippen LogP contribution in [0.15, 0.2) is 30.5 Å². The van der Waals surface area contributed by atoms with Crippen LogP contribution in [-0.2, 0) is 0 Å². The van der Waals surface area contributed by atoms with Crippen LogP contribution in [0.3, 0.4) is 0 Å². The number of nitrogens with zero attached hydrogens (tertiary/aromatic N) is 2. The lowest BCUT2D eigenvalue weighted by atomic mass is 9.95. The van der Waals surface area contributed by atoms with Crippen molar-refractivity contribution in [3.8, 4) is 0 Å². The van der Waals surface area contributed by atoms with Gasteiger partial charge < -0.3 is 10.6 Å². The van der Waals surface area contributed by atoms with Gasteiger partial charge in [0.1, 0.15) is 0 Å². The molecule has 1 atom stereocenters. The number of fused-ring (bicyclic) bond motifs is 1. The molecule has 100 valence electrons. The van der Waals surface area contributed by atoms with E-state index in [1.807, 2.05) is 18.3 Å². The Labute approximate surface area is 114 Å². The van der Waals surface area contributed by atoms with Gasteiger partial charge in [-0.15, -0.1) is 0 Å². The first-order valence-corrected chi connectivity index (χ1v) is 7.17. The number of piperidine rings is 1. The van der Waals surface area contributed by atoms with Gasteiger partial charge >= 0.3 is 0 Å². The minimum absolute atomic E-state index is 0.767. The summed E-state index contributed by atoms with van der Waals surface area (Å²) in [5, 5.41) is 1.18. The Morgan fingerprint density at radius 3 is 3.11 bits per heavy atom. The van der Waals surface area contributed by atoms with Crippen LogP contribution in [0.1, 0.15) is 26.2 Å². The van der Waals surface area contributed by atoms with E-state index in [1.165, 1.54) is 30.3 Å². The highest BCUT2D eigenvalue weighted by molar-refractivity contribution is 5.98. The van der Waals surface area contributed by atoms with Gasteiger partial charge in [-0.1, -0.05) is 25.5 Å². The van der Waals surface area contributed by atoms with Crippen LogP contribution in [-0.4, -0.2) is 18.1 Å². The van der Waals surface area contributed by atoms with Crippen LogP contribution >= 0.6 is 0 Å². The molecule has 0 aliphatic carbocycles. The third-order valence-electron chi connectivity index (χ3n) is 4.22. The number of anilines is 2. The fourth-order valence-corrected chi connectivity index (χ4v) is 3.08. The SMILES string of the molecule is CCC1CCCN(c2ccnc3c(N)cccc23)C1. The molecule has 3 rings (SSSR count). The maximum atomic E-state index is 6.03. The zero-order chi connectivity index (χ0) is 13.2. The van der Waals surface area contributed by atoms with Gasteiger partial charge in [0.25, 0.3) is 0 Å². The lowest BCUT2D eigenvalue weighted by molar-refractivity contribution is 0.405. The van der Waals surface area contributed by atoms with E-state index in [-0.39, 0.29) is 0 Å². The standard InChI is InChI=1S/C16H21N3/c1-2-12-5-4-10-19(11-12)15-8-9-18-16-13(15)6-3-7-14(16)17/h3,6-9,12H,2,4-5,10-11,17H2,1H3. The van der Waals surface area contributed by atoms with Crippen molar-refractivity contribution in [3.05, 3.63) is 30.5 Å². The largest absolute Gasteiger partial charge is 0.397 e. The van der Waals surface area contributed by atoms with Gasteiger partial charge in [0.05, 0.1) is 11.2 Å². The van der Waals surface area contributed by atoms with Gasteiger partial charge in [-0.05, 0) is 30.9 Å². The molecular weight excluding hydrogens is 234 g/mol. The highest BCUT2D eigenvalue weighted by Gasteiger charge is 2.20. The normalized spacial score (nSPS) is 19.8. The van der Waals surface area contributed by atoms with Gasteiger partial charge in [0.2, 0.25) is 0 Å². The average Bonchev–Trinajstić information content (AvgIpc) is 2.47. The maximum absolute atomic E-state index is 6.03. The first kappa shape index (κ1) is 12.3. The molecule has 1 aliphatic heterocycles. The zero-order valence-corrected chi connectivity index (χ0v) is 11.5. The van der Waals surface area contributed by atoms with E-state index < -0.39 is 0 Å². The molecule has 2 N–H and O–H groups in total. The molecule has 0 saturated carbocycles. The molecular formula is C16H21N3. The number of nitrogens with two attached hydrogens (primary N) is 1. The number of rotatable bonds is 2. The Kier molecular flexibility index (Phi) is 3.28. The van der Waals surface area contributed by atoms with E-state index in [2.05, 4.69) is 28.9 Å². The van der Waals surface area contributed by atoms with E-state index in [4.69, 9.17) is 5.73 Å². The molecule has 1 aliphatic rings. The van der Waals surface area contributed by atoms with Gasteiger partial charge in [0.15, 0.2) is 0 Å². The Morgan fingerprint density at radius 1 is 1.37 bits per heavy atom. The molecule has 19 heavy (non-hydrogen) atoms. The summed E-state index contributed by atoms with van der Waals surface area (Å²) in [6.45, 7) is 4.59. The molecule has 0 bridgehead atoms. The summed E-state index contributed by atoms with van der Waals surface area (Å²) in [6.07, 6.45) is 5.79. The Balaban J connectivity index is 2.03. The lowest BCUT2D eigenvalue weighted by Crippen LogP contribution is -2.35. The summed E-state index contributed by atoms with van der Waals surface area (Å²) < 4.78 is 0. The number of benzene rings is 1. The summed E-state index contributed by atoms with van der Waals surface area (Å²) in [7, 11) is 0. The van der Waals surface area contributed by atoms with Gasteiger partial charge in [-0.3, -0.25) is 4.98 Å². The van der Waals surface area contributed by atoms with Crippen molar-refractivity contribution < 1.29 is 0 Å². The van der Waals surface area contributed by atoms with Crippen LogP contribution in [0.2, 0.25) is 0 Å². The molecule has 3 nitrogen and oxygen atoms in total. The summed E-state index contributed by atoms with van der Waals surface area (Å²) in [4.78, 5) is 6.92. The fourth-order valence-electron chi connectivity index (χ4n) is 3.08. The first-order valence-electron chi connectivity index (χ1n) is 7.17. The van der Waals surface area contributed by atoms with Crippen molar-refractivity contribution >= 4 is 22.3 Å². The third-order valence-corrected chi connectivity index (χ3v) is 4.22. The molecule has 1 aromatic heterocycles. The van der Waals surface area contributed by atoms with Crippen LogP contribution in [0.4, 0.5) is 11.4 Å². The first-order chi connectivity index (χ1) is 9.29. The summed E-state index contributed by atoms with van der Waals surface area (Å²) in [5.41, 5.74) is 9.01. The second-order valence-corrected chi connectivity index (χ2v) is 5.44. The molecule has 2 heterocycles. The second kappa shape index (κ2) is 5.08. The van der Waals surface area contributed by atoms with E-state index >= 15 is 0 Å². The predicted molar refractivity (Wildman–Crippen MR) is 81.4 cm³/mol. The monoisotopic (exact) mass is 255 g/mol. The smallest absolute Gasteiger partial charge is 0.0951 e. The Bertz CT molecular complexity index is 579. The van der Waals surface area contributed by atoms with Crippen LogP contribution in [0, 0.1) is 5.92 Å². The molecule has 0 amide bonds. The van der Waals surface area contributed by atoms with Crippen molar-refractivity contribution in [3.63, 3.8) is 0 Å². The van der Waals surface area contributed by atoms with Crippen molar-refractivity contribution in [2.45, 2.75) is 26.2 Å². The van der Waals surface area contributed by atoms with E-state index in [0.717, 1.165) is 30.2 Å². The van der Waals surface area contributed by atoms with Crippen molar-refractivity contribution in [2.75, 3.05) is 23.7 Å². The minimum atomic E-state index is 0.767. The topological polar surface area (TPSA) is 42.2 Å². The second-order valence-electron chi connectivity index (χ2n) is 5.44. The zero-order valence-electron chi connectivity index (χ0n) is 11.5. The molecule has 0 radical (unpaired) electrons. The quantitative estimate of drug-likeness (QED) is 0.836. The lowest BCUT2D eigenvalue weighted by Gasteiger charge is -2.34. The molecule has 1 unspecified atom stereocenters. The van der Waals surface area contributed by atoms with Crippen LogP contribution in [0.25, 0.3) is 10.9 Å². The molecule has 1 saturated heterocycles. The van der Waals surface area contributed by atoms with Gasteiger partial charge in [-0.25, -0.2) is 0 Å². The molecule has 2 aromatic rings. The molecule has 3 heteroatoms. The number of aromatic nitrogens is 1. The summed E-state index contributed by atoms with van der Waals surface area (Å²) in [5.74, 6) is 0.818. The number of nitrogen functional groups attached to an aromatic ring is 1. The Morgan fingerprint density at radius 2 is 2.26 bits per heavy atom. The maximum Gasteiger partial charge on any atom is 0.0951 e. The average molecular weight is 255 g/mol. The molecule has 0 spiro atoms. The number of pyridine rings is 1. The summed E-state index contributed by atoms with van der Waals surface area (Å²) in [6, 6.07) is 8.19. The van der Waals surface area contributed by atoms with E-state index in [9.17, 15) is 0 Å². The number of hydrogen-bond donors (Lipinski definition) is 1. The minimum Gasteiger partial charge on any atom is -0.397 e. The summed E-state index contributed by atoms with van der Waals surface area (Å²) >= 11 is 0. The fraction of sp³-hybridized carbons (Fsp3) is 0.438. The van der Waals surface area contributed by atoms with Crippen molar-refractivity contribution in [1.29, 1.82) is 0 Å². The third kappa shape index (κ3) is 2.25. The van der Waals surface area contributed by atoms with Crippen molar-refractivity contribution in [1.82, 2.24) is 4.98 Å². The van der Waals surface area contributed by atoms with E-state index in [1.54, 1.807) is 0 Å². The van der Waals surface area contributed by atoms with E-state index in [0.29, 0.717) is 0 Å². The van der Waals surface area contributed by atoms with Gasteiger partial charge in [0, 0.05) is 30.4 Å². The molecule has 1 aromatic carbocycles. The highest BCUT2D eigenvalue weighted by atomic mass is 15.1. The van der Waals surface area contributed by atoms with Crippen LogP contribution < -0.4 is 10.6 Å². The predicted octanol–water partition coefficient (Wildman–Crippen LogP) is 3.44. The Hall–Kier alpha value is -1.77. The number of hydrogen-bond acceptors (Lipinski definition) is 3. The van der Waals surface area contributed by atoms with Crippen molar-refractivity contribution in [2.24, 2.45) is 5.92 Å². The highest BCUT2D eigenvalue weighted by Crippen LogP contribution is 2.31. The molecule has 1 fully saturated rings.